The molecule has 0 rings (SSSR count). The Bertz CT molecular complexity index is 114. The van der Waals surface area contributed by atoms with Gasteiger partial charge in [0.2, 0.25) is 0 Å². The lowest BCUT2D eigenvalue weighted by Crippen LogP contribution is -2.12. The number of allylic oxidation sites excluding steroid dienone is 1. The summed E-state index contributed by atoms with van der Waals surface area (Å²) in [6, 6.07) is 0. The van der Waals surface area contributed by atoms with E-state index in [2.05, 4.69) is 26.4 Å². The molecule has 1 amide bonds. The number of amides is 1. The average Bonchev–Trinajstić information content (AvgIpc) is 1.80. The van der Waals surface area contributed by atoms with Gasteiger partial charge in [0.15, 0.2) is 0 Å². The van der Waals surface area contributed by atoms with Crippen LogP contribution in [0.5, 0.6) is 0 Å². The van der Waals surface area contributed by atoms with E-state index in [0.29, 0.717) is 0 Å². The Balaban J connectivity index is 3.09. The lowest BCUT2D eigenvalue weighted by Gasteiger charge is -1.92. The number of alkyl halides is 1. The largest absolute Gasteiger partial charge is 0.445 e. The van der Waals surface area contributed by atoms with E-state index in [1.807, 2.05) is 6.08 Å². The van der Waals surface area contributed by atoms with Crippen LogP contribution in [0.15, 0.2) is 12.2 Å². The fraction of sp³-hybridized carbons (Fsp3) is 0.400. The summed E-state index contributed by atoms with van der Waals surface area (Å²) in [5.74, 6) is 0. The van der Waals surface area contributed by atoms with Crippen LogP contribution in [-0.2, 0) is 4.74 Å². The zero-order valence-electron chi connectivity index (χ0n) is 4.84. The predicted molar refractivity (Wildman–Crippen MR) is 38.5 cm³/mol. The van der Waals surface area contributed by atoms with Gasteiger partial charge in [-0.25, -0.2) is 4.79 Å². The first-order valence-corrected chi connectivity index (χ1v) is 3.52. The number of carbonyl (C=O) groups is 1. The Hall–Kier alpha value is -0.510. The normalized spacial score (nSPS) is 9.89. The fourth-order valence-corrected chi connectivity index (χ4v) is 0.526. The standard InChI is InChI=1S/C5H8BrNO2/c6-3-1-2-4-9-5(7)8/h1-2H,3-4H2,(H2,7,8)/b2-1+. The second kappa shape index (κ2) is 5.62. The summed E-state index contributed by atoms with van der Waals surface area (Å²) < 4.78 is 4.38. The van der Waals surface area contributed by atoms with Crippen LogP contribution in [0, 0.1) is 0 Å². The lowest BCUT2D eigenvalue weighted by atomic mass is 10.6. The van der Waals surface area contributed by atoms with Crippen molar-refractivity contribution in [3.8, 4) is 0 Å². The van der Waals surface area contributed by atoms with Gasteiger partial charge in [-0.15, -0.1) is 0 Å². The number of hydrogen-bond acceptors (Lipinski definition) is 2. The molecule has 0 aromatic rings. The average molecular weight is 194 g/mol. The number of nitrogens with two attached hydrogens (primary N) is 1. The van der Waals surface area contributed by atoms with Crippen molar-refractivity contribution in [2.24, 2.45) is 5.73 Å². The number of carbonyl (C=O) groups excluding carboxylic acids is 1. The van der Waals surface area contributed by atoms with Gasteiger partial charge in [0.05, 0.1) is 0 Å². The van der Waals surface area contributed by atoms with E-state index in [-0.39, 0.29) is 6.61 Å². The molecule has 0 aliphatic carbocycles. The molecule has 0 aromatic carbocycles. The van der Waals surface area contributed by atoms with Crippen molar-refractivity contribution in [1.29, 1.82) is 0 Å². The molecule has 0 aromatic heterocycles. The van der Waals surface area contributed by atoms with Crippen molar-refractivity contribution >= 4 is 22.0 Å². The first kappa shape index (κ1) is 8.49. The summed E-state index contributed by atoms with van der Waals surface area (Å²) in [5, 5.41) is 0.759. The van der Waals surface area contributed by atoms with E-state index in [1.165, 1.54) is 0 Å². The van der Waals surface area contributed by atoms with E-state index in [1.54, 1.807) is 6.08 Å². The predicted octanol–water partition coefficient (Wildman–Crippen LogP) is 1.03. The second-order valence-corrected chi connectivity index (χ2v) is 1.90. The van der Waals surface area contributed by atoms with E-state index in [9.17, 15) is 4.79 Å². The molecule has 0 saturated carbocycles. The molecule has 0 radical (unpaired) electrons. The minimum atomic E-state index is -0.741. The zero-order chi connectivity index (χ0) is 7.11. The maximum Gasteiger partial charge on any atom is 0.404 e. The molecule has 0 aliphatic rings. The van der Waals surface area contributed by atoms with Crippen LogP contribution < -0.4 is 5.73 Å². The van der Waals surface area contributed by atoms with Crippen molar-refractivity contribution in [2.75, 3.05) is 11.9 Å². The smallest absolute Gasteiger partial charge is 0.404 e. The van der Waals surface area contributed by atoms with E-state index >= 15 is 0 Å². The van der Waals surface area contributed by atoms with Gasteiger partial charge < -0.3 is 10.5 Å². The molecular weight excluding hydrogens is 186 g/mol. The molecule has 0 saturated heterocycles. The number of primary amides is 1. The van der Waals surface area contributed by atoms with Crippen LogP contribution in [0.1, 0.15) is 0 Å². The van der Waals surface area contributed by atoms with Crippen LogP contribution >= 0.6 is 15.9 Å². The quantitative estimate of drug-likeness (QED) is 0.538. The van der Waals surface area contributed by atoms with Crippen LogP contribution in [0.2, 0.25) is 0 Å². The number of hydrogen-bond donors (Lipinski definition) is 1. The van der Waals surface area contributed by atoms with Crippen molar-refractivity contribution < 1.29 is 9.53 Å². The Morgan fingerprint density at radius 3 is 2.78 bits per heavy atom. The summed E-state index contributed by atoms with van der Waals surface area (Å²) in [5.41, 5.74) is 4.67. The first-order chi connectivity index (χ1) is 4.27. The van der Waals surface area contributed by atoms with Gasteiger partial charge in [0, 0.05) is 5.33 Å². The third-order valence-electron chi connectivity index (χ3n) is 0.578. The molecule has 0 unspecified atom stereocenters. The molecule has 0 heterocycles. The van der Waals surface area contributed by atoms with Crippen molar-refractivity contribution in [3.63, 3.8) is 0 Å². The molecule has 3 nitrogen and oxygen atoms in total. The van der Waals surface area contributed by atoms with Crippen LogP contribution in [0.4, 0.5) is 4.79 Å². The summed E-state index contributed by atoms with van der Waals surface area (Å²) in [6.07, 6.45) is 2.79. The van der Waals surface area contributed by atoms with Gasteiger partial charge in [0.25, 0.3) is 0 Å². The SMILES string of the molecule is NC(=O)OC/C=C/CBr. The minimum Gasteiger partial charge on any atom is -0.445 e. The molecule has 0 fully saturated rings. The summed E-state index contributed by atoms with van der Waals surface area (Å²) in [7, 11) is 0. The van der Waals surface area contributed by atoms with E-state index in [4.69, 9.17) is 0 Å². The van der Waals surface area contributed by atoms with Gasteiger partial charge in [-0.1, -0.05) is 28.1 Å². The second-order valence-electron chi connectivity index (χ2n) is 1.26. The molecule has 0 spiro atoms. The molecule has 0 atom stereocenters. The third-order valence-corrected chi connectivity index (χ3v) is 0.951. The Morgan fingerprint density at radius 2 is 2.33 bits per heavy atom. The third kappa shape index (κ3) is 7.49. The molecular formula is C5H8BrNO2. The maximum absolute atomic E-state index is 9.92. The Kier molecular flexibility index (Phi) is 5.30. The van der Waals surface area contributed by atoms with E-state index in [0.717, 1.165) is 5.33 Å². The topological polar surface area (TPSA) is 52.3 Å². The maximum atomic E-state index is 9.92. The highest BCUT2D eigenvalue weighted by molar-refractivity contribution is 9.09. The van der Waals surface area contributed by atoms with Crippen molar-refractivity contribution in [1.82, 2.24) is 0 Å². The number of ether oxygens (including phenoxy) is 1. The number of rotatable bonds is 3. The summed E-state index contributed by atoms with van der Waals surface area (Å²) in [6.45, 7) is 0.251. The monoisotopic (exact) mass is 193 g/mol. The van der Waals surface area contributed by atoms with E-state index < -0.39 is 6.09 Å². The molecule has 4 heteroatoms. The van der Waals surface area contributed by atoms with Crippen LogP contribution in [0.3, 0.4) is 0 Å². The molecule has 52 valence electrons. The molecule has 0 bridgehead atoms. The van der Waals surface area contributed by atoms with Crippen LogP contribution in [-0.4, -0.2) is 18.0 Å². The first-order valence-electron chi connectivity index (χ1n) is 2.40. The summed E-state index contributed by atoms with van der Waals surface area (Å²) >= 11 is 3.16. The van der Waals surface area contributed by atoms with Gasteiger partial charge in [-0.3, -0.25) is 0 Å². The van der Waals surface area contributed by atoms with Crippen molar-refractivity contribution in [2.45, 2.75) is 0 Å². The Morgan fingerprint density at radius 1 is 1.67 bits per heavy atom. The van der Waals surface area contributed by atoms with Crippen molar-refractivity contribution in [3.05, 3.63) is 12.2 Å². The van der Waals surface area contributed by atoms with Crippen LogP contribution in [0.25, 0.3) is 0 Å². The van der Waals surface area contributed by atoms with Gasteiger partial charge in [-0.2, -0.15) is 0 Å². The highest BCUT2D eigenvalue weighted by atomic mass is 79.9. The highest BCUT2D eigenvalue weighted by Crippen LogP contribution is 1.82. The van der Waals surface area contributed by atoms with Gasteiger partial charge in [0.1, 0.15) is 6.61 Å². The lowest BCUT2D eigenvalue weighted by molar-refractivity contribution is 0.169. The van der Waals surface area contributed by atoms with Gasteiger partial charge >= 0.3 is 6.09 Å². The zero-order valence-corrected chi connectivity index (χ0v) is 6.43. The Labute approximate surface area is 62.0 Å². The minimum absolute atomic E-state index is 0.251. The molecule has 9 heavy (non-hydrogen) atoms. The van der Waals surface area contributed by atoms with Gasteiger partial charge in [-0.05, 0) is 0 Å². The molecule has 2 N–H and O–H groups in total. The number of halogens is 1. The molecule has 0 aliphatic heterocycles. The summed E-state index contributed by atoms with van der Waals surface area (Å²) in [4.78, 5) is 9.92. The highest BCUT2D eigenvalue weighted by Gasteiger charge is 1.85. The fourth-order valence-electron chi connectivity index (χ4n) is 0.261.